The highest BCUT2D eigenvalue weighted by atomic mass is 19.1. The second kappa shape index (κ2) is 11.4. The monoisotopic (exact) mass is 579 g/mol. The van der Waals surface area contributed by atoms with Crippen molar-refractivity contribution >= 4 is 17.4 Å². The highest BCUT2D eigenvalue weighted by Crippen LogP contribution is 2.50. The van der Waals surface area contributed by atoms with Crippen molar-refractivity contribution in [3.8, 4) is 11.8 Å². The smallest absolute Gasteiger partial charge is 0.318 e. The Bertz CT molecular complexity index is 1410. The van der Waals surface area contributed by atoms with E-state index in [9.17, 15) is 14.3 Å². The van der Waals surface area contributed by atoms with Crippen LogP contribution in [0.3, 0.4) is 0 Å². The first-order valence-electron chi connectivity index (χ1n) is 14.5. The number of aromatic hydroxyl groups is 1. The molecule has 1 amide bonds. The number of nitrogens with zero attached hydrogens (tertiary/aromatic N) is 7. The number of carbonyl (C=O) groups excluding carboxylic acids is 1. The number of benzene rings is 1. The molecule has 5 heterocycles. The Balaban J connectivity index is 1.37. The first kappa shape index (κ1) is 28.2. The average Bonchev–Trinajstić information content (AvgIpc) is 3.52. The molecule has 1 N–H and O–H groups in total. The van der Waals surface area contributed by atoms with Crippen LogP contribution in [0.15, 0.2) is 30.6 Å². The minimum Gasteiger partial charge on any atom is -0.506 e. The number of amides is 1. The molecule has 2 bridgehead atoms. The number of likely N-dealkylation sites (N-methyl/N-ethyl adjacent to an activating group) is 1. The fraction of sp³-hybridized carbons (Fsp3) is 0.533. The van der Waals surface area contributed by atoms with Gasteiger partial charge in [-0.3, -0.25) is 4.79 Å². The zero-order valence-corrected chi connectivity index (χ0v) is 23.7. The quantitative estimate of drug-likeness (QED) is 0.394. The second-order valence-electron chi connectivity index (χ2n) is 11.6. The van der Waals surface area contributed by atoms with E-state index in [0.717, 1.165) is 43.5 Å². The summed E-state index contributed by atoms with van der Waals surface area (Å²) in [6.45, 7) is 12.9. The molecule has 12 heteroatoms. The topological polar surface area (TPSA) is 89.6 Å². The van der Waals surface area contributed by atoms with E-state index < -0.39 is 23.6 Å². The highest BCUT2D eigenvalue weighted by molar-refractivity contribution is 5.91. The molecular weight excluding hydrogens is 544 g/mol. The number of fused-ring (bicyclic) bond motifs is 4. The summed E-state index contributed by atoms with van der Waals surface area (Å²) in [5.74, 6) is -1.76. The lowest BCUT2D eigenvalue weighted by atomic mass is 9.96. The van der Waals surface area contributed by atoms with Crippen LogP contribution in [-0.4, -0.2) is 95.3 Å². The van der Waals surface area contributed by atoms with Gasteiger partial charge in [0.1, 0.15) is 35.7 Å². The van der Waals surface area contributed by atoms with Crippen molar-refractivity contribution in [2.75, 3.05) is 56.2 Å². The van der Waals surface area contributed by atoms with E-state index in [0.29, 0.717) is 31.9 Å². The number of carbonyl (C=O) groups is 1. The maximum absolute atomic E-state index is 15.1. The zero-order valence-electron chi connectivity index (χ0n) is 23.7. The number of rotatable bonds is 7. The summed E-state index contributed by atoms with van der Waals surface area (Å²) in [7, 11) is 2.07. The summed E-state index contributed by atoms with van der Waals surface area (Å²) >= 11 is 0. The molecule has 4 aliphatic rings. The molecule has 3 saturated heterocycles. The Kier molecular flexibility index (Phi) is 7.62. The number of ether oxygens (including phenoxy) is 1. The highest BCUT2D eigenvalue weighted by Gasteiger charge is 2.46. The zero-order chi connectivity index (χ0) is 29.5. The summed E-state index contributed by atoms with van der Waals surface area (Å²) in [5, 5.41) is 10.6. The van der Waals surface area contributed by atoms with Crippen molar-refractivity contribution in [3.63, 3.8) is 0 Å². The van der Waals surface area contributed by atoms with Crippen molar-refractivity contribution in [1.29, 1.82) is 0 Å². The Hall–Kier alpha value is -3.98. The minimum atomic E-state index is -1.04. The number of phenolic OH excluding ortho intramolecular Hbond substituents is 1. The van der Waals surface area contributed by atoms with E-state index >= 15 is 4.39 Å². The molecule has 0 radical (unpaired) electrons. The molecule has 4 aliphatic heterocycles. The van der Waals surface area contributed by atoms with Gasteiger partial charge in [0.25, 0.3) is 5.91 Å². The number of likely N-dealkylation sites (tertiary alicyclic amines) is 1. The predicted molar refractivity (Wildman–Crippen MR) is 153 cm³/mol. The molecule has 0 saturated carbocycles. The Morgan fingerprint density at radius 2 is 2.05 bits per heavy atom. The summed E-state index contributed by atoms with van der Waals surface area (Å²) in [4.78, 5) is 33.4. The van der Waals surface area contributed by atoms with Gasteiger partial charge < -0.3 is 34.3 Å². The van der Waals surface area contributed by atoms with Gasteiger partial charge in [0.2, 0.25) is 6.54 Å². The van der Waals surface area contributed by atoms with Crippen LogP contribution in [-0.2, 0) is 11.2 Å². The molecule has 0 aliphatic carbocycles. The van der Waals surface area contributed by atoms with E-state index in [2.05, 4.69) is 23.4 Å². The van der Waals surface area contributed by atoms with Gasteiger partial charge in [0, 0.05) is 37.3 Å². The number of halogens is 2. The SMILES string of the molecule is [C-]#[N+]C[C@H]1CN(c2nc(OC[C@@H]3CCCN3C)nc3c2CC2CCC3N2c2c(O)cccc2F)CCN1C(=O)C(=C)F. The molecule has 2 aromatic rings. The molecule has 42 heavy (non-hydrogen) atoms. The molecule has 0 spiro atoms. The van der Waals surface area contributed by atoms with Crippen LogP contribution in [0.25, 0.3) is 4.85 Å². The molecule has 4 atom stereocenters. The van der Waals surface area contributed by atoms with Gasteiger partial charge in [-0.1, -0.05) is 12.6 Å². The van der Waals surface area contributed by atoms with E-state index in [-0.39, 0.29) is 48.7 Å². The number of hydrogen-bond acceptors (Lipinski definition) is 8. The molecular formula is C30H35F2N7O3. The fourth-order valence-electron chi connectivity index (χ4n) is 7.04. The molecule has 10 nitrogen and oxygen atoms in total. The van der Waals surface area contributed by atoms with Gasteiger partial charge in [-0.25, -0.2) is 15.4 Å². The van der Waals surface area contributed by atoms with E-state index in [1.54, 1.807) is 0 Å². The lowest BCUT2D eigenvalue weighted by molar-refractivity contribution is -0.131. The first-order chi connectivity index (χ1) is 20.3. The number of piperazine rings is 1. The van der Waals surface area contributed by atoms with Crippen molar-refractivity contribution in [3.05, 3.63) is 59.1 Å². The molecule has 3 fully saturated rings. The van der Waals surface area contributed by atoms with Crippen molar-refractivity contribution in [1.82, 2.24) is 19.8 Å². The normalized spacial score (nSPS) is 25.3. The van der Waals surface area contributed by atoms with Crippen LogP contribution in [0, 0.1) is 12.4 Å². The first-order valence-corrected chi connectivity index (χ1v) is 14.5. The number of phenols is 1. The fourth-order valence-corrected chi connectivity index (χ4v) is 7.04. The molecule has 222 valence electrons. The lowest BCUT2D eigenvalue weighted by Gasteiger charge is -2.42. The van der Waals surface area contributed by atoms with Crippen molar-refractivity contribution in [2.45, 2.75) is 56.3 Å². The summed E-state index contributed by atoms with van der Waals surface area (Å²) in [6.07, 6.45) is 4.18. The summed E-state index contributed by atoms with van der Waals surface area (Å²) in [6, 6.07) is 3.93. The standard InChI is InChI=1S/C30H35F2N7O3/c1-18(31)29(41)38-13-12-37(16-21(38)15-33-2)28-22-14-19-9-10-24(39(19)27-23(32)7-4-8-25(27)40)26(22)34-30(35-28)42-17-20-6-5-11-36(20)3/h4,7-8,19-21,24,40H,1,5-6,9-17H2,3H3/t19?,20-,21-,24?/m0/s1. The van der Waals surface area contributed by atoms with Gasteiger partial charge in [0.05, 0.1) is 11.7 Å². The minimum absolute atomic E-state index is 0.0196. The number of aromatic nitrogens is 2. The van der Waals surface area contributed by atoms with Crippen molar-refractivity contribution in [2.24, 2.45) is 0 Å². The van der Waals surface area contributed by atoms with Gasteiger partial charge in [-0.2, -0.15) is 9.97 Å². The third-order valence-electron chi connectivity index (χ3n) is 9.13. The van der Waals surface area contributed by atoms with E-state index in [1.165, 1.54) is 23.1 Å². The Morgan fingerprint density at radius 3 is 2.76 bits per heavy atom. The summed E-state index contributed by atoms with van der Waals surface area (Å²) < 4.78 is 35.1. The molecule has 6 rings (SSSR count). The predicted octanol–water partition coefficient (Wildman–Crippen LogP) is 3.48. The van der Waals surface area contributed by atoms with Gasteiger partial charge >= 0.3 is 6.01 Å². The molecule has 1 aromatic carbocycles. The largest absolute Gasteiger partial charge is 0.506 e. The summed E-state index contributed by atoms with van der Waals surface area (Å²) in [5.41, 5.74) is 1.85. The Morgan fingerprint density at radius 1 is 1.21 bits per heavy atom. The average molecular weight is 580 g/mol. The second-order valence-corrected chi connectivity index (χ2v) is 11.6. The molecule has 2 unspecified atom stereocenters. The van der Waals surface area contributed by atoms with Crippen LogP contribution in [0.5, 0.6) is 11.8 Å². The van der Waals surface area contributed by atoms with Gasteiger partial charge in [-0.15, -0.1) is 0 Å². The van der Waals surface area contributed by atoms with Gasteiger partial charge in [-0.05, 0) is 57.8 Å². The van der Waals surface area contributed by atoms with Crippen LogP contribution < -0.4 is 14.5 Å². The van der Waals surface area contributed by atoms with Crippen LogP contribution in [0.2, 0.25) is 0 Å². The van der Waals surface area contributed by atoms with E-state index in [1.807, 2.05) is 9.80 Å². The Labute approximate surface area is 244 Å². The van der Waals surface area contributed by atoms with Crippen LogP contribution in [0.1, 0.15) is 43.0 Å². The van der Waals surface area contributed by atoms with E-state index in [4.69, 9.17) is 21.3 Å². The maximum atomic E-state index is 15.1. The third-order valence-corrected chi connectivity index (χ3v) is 9.13. The van der Waals surface area contributed by atoms with Crippen molar-refractivity contribution < 1.29 is 23.4 Å². The maximum Gasteiger partial charge on any atom is 0.318 e. The third kappa shape index (κ3) is 5.00. The molecule has 1 aromatic heterocycles. The number of hydrogen-bond donors (Lipinski definition) is 1. The lowest BCUT2D eigenvalue weighted by Crippen LogP contribution is -2.57. The van der Waals surface area contributed by atoms with Gasteiger partial charge in [0.15, 0.2) is 5.83 Å². The van der Waals surface area contributed by atoms with Crippen LogP contribution in [0.4, 0.5) is 20.3 Å². The number of anilines is 2. The number of para-hydroxylation sites is 1. The van der Waals surface area contributed by atoms with Crippen LogP contribution >= 0.6 is 0 Å².